The van der Waals surface area contributed by atoms with Crippen LogP contribution in [0.3, 0.4) is 0 Å². The van der Waals surface area contributed by atoms with Crippen molar-refractivity contribution in [3.63, 3.8) is 0 Å². The lowest BCUT2D eigenvalue weighted by Gasteiger charge is -2.31. The normalized spacial score (nSPS) is 18.5. The van der Waals surface area contributed by atoms with Crippen LogP contribution >= 0.6 is 0 Å². The minimum absolute atomic E-state index is 0.0129. The van der Waals surface area contributed by atoms with E-state index in [0.29, 0.717) is 18.0 Å². The van der Waals surface area contributed by atoms with Crippen molar-refractivity contribution in [2.24, 2.45) is 11.7 Å². The van der Waals surface area contributed by atoms with Crippen molar-refractivity contribution in [3.05, 3.63) is 24.2 Å². The molecule has 0 bridgehead atoms. The molecule has 0 radical (unpaired) electrons. The molecule has 2 unspecified atom stereocenters. The van der Waals surface area contributed by atoms with E-state index >= 15 is 0 Å². The van der Waals surface area contributed by atoms with E-state index in [9.17, 15) is 9.59 Å². The van der Waals surface area contributed by atoms with Crippen LogP contribution in [0, 0.1) is 5.92 Å². The van der Waals surface area contributed by atoms with Crippen molar-refractivity contribution in [2.45, 2.75) is 51.1 Å². The maximum absolute atomic E-state index is 12.3. The van der Waals surface area contributed by atoms with Crippen molar-refractivity contribution in [1.29, 1.82) is 0 Å². The SMILES string of the molecule is CC(NC(=O)c1ccoc1)C(=O)NC(CN)C1CCCCC1. The summed E-state index contributed by atoms with van der Waals surface area (Å²) < 4.78 is 4.86. The van der Waals surface area contributed by atoms with Crippen LogP contribution in [-0.4, -0.2) is 30.4 Å². The van der Waals surface area contributed by atoms with Gasteiger partial charge < -0.3 is 20.8 Å². The summed E-state index contributed by atoms with van der Waals surface area (Å²) in [6.45, 7) is 2.10. The van der Waals surface area contributed by atoms with Gasteiger partial charge >= 0.3 is 0 Å². The van der Waals surface area contributed by atoms with Crippen molar-refractivity contribution in [2.75, 3.05) is 6.54 Å². The number of hydrogen-bond donors (Lipinski definition) is 3. The van der Waals surface area contributed by atoms with Gasteiger partial charge in [-0.15, -0.1) is 0 Å². The largest absolute Gasteiger partial charge is 0.472 e. The molecule has 0 saturated heterocycles. The van der Waals surface area contributed by atoms with Gasteiger partial charge in [-0.25, -0.2) is 0 Å². The standard InChI is InChI=1S/C16H25N3O3/c1-11(18-16(21)13-7-8-22-10-13)15(20)19-14(9-17)12-5-3-2-4-6-12/h7-8,10-12,14H,2-6,9,17H2,1H3,(H,18,21)(H,19,20). The molecule has 1 heterocycles. The number of carbonyl (C=O) groups is 2. The quantitative estimate of drug-likeness (QED) is 0.740. The number of rotatable bonds is 6. The Balaban J connectivity index is 1.85. The van der Waals surface area contributed by atoms with Gasteiger partial charge in [0.1, 0.15) is 12.3 Å². The highest BCUT2D eigenvalue weighted by Crippen LogP contribution is 2.26. The Hall–Kier alpha value is -1.82. The van der Waals surface area contributed by atoms with Gasteiger partial charge in [-0.2, -0.15) is 0 Å². The summed E-state index contributed by atoms with van der Waals surface area (Å²) in [4.78, 5) is 24.2. The average Bonchev–Trinajstić information content (AvgIpc) is 3.07. The van der Waals surface area contributed by atoms with Gasteiger partial charge in [-0.05, 0) is 31.7 Å². The molecule has 22 heavy (non-hydrogen) atoms. The van der Waals surface area contributed by atoms with E-state index in [4.69, 9.17) is 10.2 Å². The minimum Gasteiger partial charge on any atom is -0.472 e. The fourth-order valence-electron chi connectivity index (χ4n) is 2.95. The Morgan fingerprint density at radius 3 is 2.64 bits per heavy atom. The Kier molecular flexibility index (Phi) is 6.00. The van der Waals surface area contributed by atoms with Gasteiger partial charge in [0.2, 0.25) is 5.91 Å². The van der Waals surface area contributed by atoms with Gasteiger partial charge in [0, 0.05) is 12.6 Å². The summed E-state index contributed by atoms with van der Waals surface area (Å²) in [5.74, 6) is -0.0734. The summed E-state index contributed by atoms with van der Waals surface area (Å²) in [5, 5.41) is 5.65. The fraction of sp³-hybridized carbons (Fsp3) is 0.625. The van der Waals surface area contributed by atoms with Crippen molar-refractivity contribution in [1.82, 2.24) is 10.6 Å². The molecule has 1 aliphatic rings. The van der Waals surface area contributed by atoms with E-state index in [2.05, 4.69) is 10.6 Å². The van der Waals surface area contributed by atoms with Crippen LogP contribution in [0.1, 0.15) is 49.4 Å². The molecule has 0 spiro atoms. The Morgan fingerprint density at radius 1 is 1.32 bits per heavy atom. The molecule has 6 heteroatoms. The zero-order valence-corrected chi connectivity index (χ0v) is 13.0. The lowest BCUT2D eigenvalue weighted by molar-refractivity contribution is -0.123. The zero-order valence-electron chi connectivity index (χ0n) is 13.0. The van der Waals surface area contributed by atoms with E-state index in [-0.39, 0.29) is 17.9 Å². The molecule has 1 fully saturated rings. The third kappa shape index (κ3) is 4.34. The molecule has 1 saturated carbocycles. The second-order valence-corrected chi connectivity index (χ2v) is 5.96. The van der Waals surface area contributed by atoms with Crippen molar-refractivity contribution < 1.29 is 14.0 Å². The smallest absolute Gasteiger partial charge is 0.255 e. The highest BCUT2D eigenvalue weighted by molar-refractivity contribution is 5.97. The number of amides is 2. The molecule has 1 aromatic rings. The lowest BCUT2D eigenvalue weighted by atomic mass is 9.84. The molecule has 2 amide bonds. The molecular formula is C16H25N3O3. The Bertz CT molecular complexity index is 481. The molecule has 0 aliphatic heterocycles. The van der Waals surface area contributed by atoms with Crippen LogP contribution in [0.4, 0.5) is 0 Å². The zero-order chi connectivity index (χ0) is 15.9. The number of nitrogens with one attached hydrogen (secondary N) is 2. The van der Waals surface area contributed by atoms with Crippen LogP contribution in [0.25, 0.3) is 0 Å². The van der Waals surface area contributed by atoms with Crippen LogP contribution in [0.5, 0.6) is 0 Å². The maximum Gasteiger partial charge on any atom is 0.255 e. The van der Waals surface area contributed by atoms with E-state index in [1.165, 1.54) is 31.8 Å². The minimum atomic E-state index is -0.611. The average molecular weight is 307 g/mol. The van der Waals surface area contributed by atoms with E-state index in [1.54, 1.807) is 13.0 Å². The Labute approximate surface area is 130 Å². The molecule has 0 aromatic carbocycles. The molecule has 2 rings (SSSR count). The van der Waals surface area contributed by atoms with Crippen LogP contribution in [-0.2, 0) is 4.79 Å². The third-order valence-corrected chi connectivity index (χ3v) is 4.32. The van der Waals surface area contributed by atoms with Crippen LogP contribution < -0.4 is 16.4 Å². The first kappa shape index (κ1) is 16.5. The summed E-state index contributed by atoms with van der Waals surface area (Å²) in [5.41, 5.74) is 6.22. The van der Waals surface area contributed by atoms with Gasteiger partial charge in [-0.1, -0.05) is 19.3 Å². The van der Waals surface area contributed by atoms with Gasteiger partial charge in [0.15, 0.2) is 0 Å². The maximum atomic E-state index is 12.3. The van der Waals surface area contributed by atoms with Crippen molar-refractivity contribution in [3.8, 4) is 0 Å². The summed E-state index contributed by atoms with van der Waals surface area (Å²) >= 11 is 0. The Morgan fingerprint density at radius 2 is 2.05 bits per heavy atom. The summed E-state index contributed by atoms with van der Waals surface area (Å²) in [7, 11) is 0. The lowest BCUT2D eigenvalue weighted by Crippen LogP contribution is -2.52. The van der Waals surface area contributed by atoms with E-state index < -0.39 is 6.04 Å². The van der Waals surface area contributed by atoms with Gasteiger partial charge in [-0.3, -0.25) is 9.59 Å². The van der Waals surface area contributed by atoms with Crippen molar-refractivity contribution >= 4 is 11.8 Å². The van der Waals surface area contributed by atoms with Crippen LogP contribution in [0.15, 0.2) is 23.0 Å². The fourth-order valence-corrected chi connectivity index (χ4v) is 2.95. The first-order valence-electron chi connectivity index (χ1n) is 7.95. The summed E-state index contributed by atoms with van der Waals surface area (Å²) in [6, 6.07) is 0.936. The second kappa shape index (κ2) is 7.98. The molecule has 1 aromatic heterocycles. The molecule has 122 valence electrons. The summed E-state index contributed by atoms with van der Waals surface area (Å²) in [6.07, 6.45) is 8.65. The van der Waals surface area contributed by atoms with E-state index in [1.807, 2.05) is 0 Å². The molecule has 6 nitrogen and oxygen atoms in total. The van der Waals surface area contributed by atoms with Crippen LogP contribution in [0.2, 0.25) is 0 Å². The number of carbonyl (C=O) groups excluding carboxylic acids is 2. The first-order valence-corrected chi connectivity index (χ1v) is 7.95. The molecule has 1 aliphatic carbocycles. The first-order chi connectivity index (χ1) is 10.6. The third-order valence-electron chi connectivity index (χ3n) is 4.32. The number of hydrogen-bond acceptors (Lipinski definition) is 4. The topological polar surface area (TPSA) is 97.4 Å². The molecule has 4 N–H and O–H groups in total. The highest BCUT2D eigenvalue weighted by atomic mass is 16.3. The molecular weight excluding hydrogens is 282 g/mol. The predicted molar refractivity (Wildman–Crippen MR) is 83.2 cm³/mol. The number of furan rings is 1. The monoisotopic (exact) mass is 307 g/mol. The predicted octanol–water partition coefficient (Wildman–Crippen LogP) is 1.42. The van der Waals surface area contributed by atoms with E-state index in [0.717, 1.165) is 12.8 Å². The highest BCUT2D eigenvalue weighted by Gasteiger charge is 2.26. The van der Waals surface area contributed by atoms with Gasteiger partial charge in [0.25, 0.3) is 5.91 Å². The number of nitrogens with two attached hydrogens (primary N) is 1. The van der Waals surface area contributed by atoms with Gasteiger partial charge in [0.05, 0.1) is 11.8 Å². The second-order valence-electron chi connectivity index (χ2n) is 5.96. The molecule has 2 atom stereocenters.